The maximum atomic E-state index is 8.71. The fraction of sp³-hybridized carbons (Fsp3) is 1.00. The molecule has 0 heterocycles. The number of hydrogen-bond acceptors (Lipinski definition) is 6. The van der Waals surface area contributed by atoms with Crippen molar-refractivity contribution in [3.05, 3.63) is 0 Å². The Bertz CT molecular complexity index is 169. The van der Waals surface area contributed by atoms with Gasteiger partial charge in [0.25, 0.3) is 0 Å². The molecule has 22 heavy (non-hydrogen) atoms. The molecule has 0 rings (SSSR count). The first-order valence-corrected chi connectivity index (χ1v) is 7.17. The van der Waals surface area contributed by atoms with E-state index in [-0.39, 0.29) is 34.8 Å². The summed E-state index contributed by atoms with van der Waals surface area (Å²) in [7, 11) is 4.47. The van der Waals surface area contributed by atoms with Crippen LogP contribution in [0.5, 0.6) is 0 Å². The fourth-order valence-corrected chi connectivity index (χ4v) is 0.816. The molecule has 6 nitrogen and oxygen atoms in total. The molecule has 140 valence electrons. The van der Waals surface area contributed by atoms with E-state index in [0.29, 0.717) is 0 Å². The Morgan fingerprint density at radius 2 is 0.636 bits per heavy atom. The number of hydrogen-bond donors (Lipinski definition) is 3. The molecule has 0 bridgehead atoms. The van der Waals surface area contributed by atoms with Crippen molar-refractivity contribution < 1.29 is 46.6 Å². The SMILES string of the molecule is COC(O)C(C)C.COC(O)C(C)C.COC(O)C(C)C.[Fe]. The predicted molar refractivity (Wildman–Crippen MR) is 83.6 cm³/mol. The molecule has 0 saturated heterocycles. The number of aliphatic hydroxyl groups is 3. The van der Waals surface area contributed by atoms with Crippen LogP contribution in [0, 0.1) is 17.8 Å². The van der Waals surface area contributed by atoms with Crippen molar-refractivity contribution in [3.8, 4) is 0 Å². The molecule has 0 aromatic rings. The number of rotatable bonds is 6. The number of aliphatic hydroxyl groups excluding tert-OH is 3. The maximum absolute atomic E-state index is 8.71. The third-order valence-corrected chi connectivity index (χ3v) is 2.44. The summed E-state index contributed by atoms with van der Waals surface area (Å²) in [5.74, 6) is 0.597. The summed E-state index contributed by atoms with van der Waals surface area (Å²) < 4.78 is 13.7. The van der Waals surface area contributed by atoms with Crippen LogP contribution in [0.2, 0.25) is 0 Å². The van der Waals surface area contributed by atoms with E-state index >= 15 is 0 Å². The molecule has 0 aliphatic rings. The van der Waals surface area contributed by atoms with Gasteiger partial charge in [-0.25, -0.2) is 0 Å². The van der Waals surface area contributed by atoms with Crippen molar-refractivity contribution in [2.75, 3.05) is 21.3 Å². The molecule has 0 aromatic heterocycles. The zero-order valence-electron chi connectivity index (χ0n) is 15.4. The van der Waals surface area contributed by atoms with Gasteiger partial charge in [-0.2, -0.15) is 0 Å². The second kappa shape index (κ2) is 19.3. The van der Waals surface area contributed by atoms with Crippen LogP contribution >= 0.6 is 0 Å². The van der Waals surface area contributed by atoms with Crippen LogP contribution in [0.3, 0.4) is 0 Å². The van der Waals surface area contributed by atoms with Crippen molar-refractivity contribution >= 4 is 0 Å². The standard InChI is InChI=1S/3C5H12O2.Fe/c3*1-4(2)5(6)7-3;/h3*4-6H,1-3H3;. The molecule has 0 amide bonds. The maximum Gasteiger partial charge on any atom is 0.156 e. The molecular weight excluding hydrogens is 332 g/mol. The molecule has 0 aromatic carbocycles. The molecule has 0 saturated carbocycles. The first kappa shape index (κ1) is 30.2. The smallest absolute Gasteiger partial charge is 0.156 e. The largest absolute Gasteiger partial charge is 0.368 e. The quantitative estimate of drug-likeness (QED) is 0.490. The predicted octanol–water partition coefficient (Wildman–Crippen LogP) is 1.82. The Morgan fingerprint density at radius 3 is 0.636 bits per heavy atom. The minimum atomic E-state index is -0.597. The topological polar surface area (TPSA) is 88.4 Å². The Balaban J connectivity index is -0.000000108. The van der Waals surface area contributed by atoms with Crippen molar-refractivity contribution in [1.29, 1.82) is 0 Å². The van der Waals surface area contributed by atoms with E-state index in [4.69, 9.17) is 15.3 Å². The molecule has 0 aliphatic heterocycles. The van der Waals surface area contributed by atoms with Crippen LogP contribution in [0.1, 0.15) is 41.5 Å². The summed E-state index contributed by atoms with van der Waals surface area (Å²) in [6.07, 6.45) is -1.79. The van der Waals surface area contributed by atoms with Crippen LogP contribution in [0.4, 0.5) is 0 Å². The summed E-state index contributed by atoms with van der Waals surface area (Å²) >= 11 is 0. The van der Waals surface area contributed by atoms with E-state index in [2.05, 4.69) is 14.2 Å². The van der Waals surface area contributed by atoms with Crippen LogP contribution in [0.15, 0.2) is 0 Å². The molecule has 0 fully saturated rings. The van der Waals surface area contributed by atoms with Gasteiger partial charge in [-0.15, -0.1) is 0 Å². The van der Waals surface area contributed by atoms with Crippen molar-refractivity contribution in [1.82, 2.24) is 0 Å². The molecule has 3 unspecified atom stereocenters. The van der Waals surface area contributed by atoms with E-state index in [0.717, 1.165) is 0 Å². The van der Waals surface area contributed by atoms with E-state index < -0.39 is 18.9 Å². The van der Waals surface area contributed by atoms with Gasteiger partial charge in [-0.3, -0.25) is 0 Å². The molecule has 7 heteroatoms. The Hall–Kier alpha value is 0.279. The molecule has 0 aliphatic carbocycles. The van der Waals surface area contributed by atoms with Crippen LogP contribution in [0.25, 0.3) is 0 Å². The first-order chi connectivity index (χ1) is 9.54. The van der Waals surface area contributed by atoms with Gasteiger partial charge in [0.1, 0.15) is 0 Å². The van der Waals surface area contributed by atoms with Crippen molar-refractivity contribution in [2.24, 2.45) is 17.8 Å². The molecular formula is C15H36FeO6. The normalized spacial score (nSPS) is 14.3. The van der Waals surface area contributed by atoms with Gasteiger partial charge in [0.15, 0.2) is 18.9 Å². The van der Waals surface area contributed by atoms with Gasteiger partial charge < -0.3 is 29.5 Å². The summed E-state index contributed by atoms with van der Waals surface area (Å²) in [4.78, 5) is 0. The van der Waals surface area contributed by atoms with Crippen LogP contribution in [-0.2, 0) is 31.3 Å². The average Bonchev–Trinajstić information content (AvgIpc) is 2.45. The van der Waals surface area contributed by atoms with Gasteiger partial charge in [-0.05, 0) is 0 Å². The fourth-order valence-electron chi connectivity index (χ4n) is 0.816. The zero-order chi connectivity index (χ0) is 17.6. The van der Waals surface area contributed by atoms with Crippen LogP contribution in [-0.4, -0.2) is 55.5 Å². The molecule has 0 radical (unpaired) electrons. The second-order valence-corrected chi connectivity index (χ2v) is 5.61. The monoisotopic (exact) mass is 368 g/mol. The van der Waals surface area contributed by atoms with Crippen LogP contribution < -0.4 is 0 Å². The van der Waals surface area contributed by atoms with E-state index in [1.807, 2.05) is 41.5 Å². The second-order valence-electron chi connectivity index (χ2n) is 5.61. The number of methoxy groups -OCH3 is 3. The Labute approximate surface area is 146 Å². The van der Waals surface area contributed by atoms with Gasteiger partial charge in [0.05, 0.1) is 0 Å². The van der Waals surface area contributed by atoms with Gasteiger partial charge in [0.2, 0.25) is 0 Å². The van der Waals surface area contributed by atoms with E-state index in [1.165, 1.54) is 21.3 Å². The summed E-state index contributed by atoms with van der Waals surface area (Å²) in [6, 6.07) is 0. The van der Waals surface area contributed by atoms with Gasteiger partial charge in [0, 0.05) is 56.2 Å². The molecule has 3 N–H and O–H groups in total. The van der Waals surface area contributed by atoms with Gasteiger partial charge in [-0.1, -0.05) is 41.5 Å². The minimum absolute atomic E-state index is 0. The first-order valence-electron chi connectivity index (χ1n) is 7.17. The zero-order valence-corrected chi connectivity index (χ0v) is 16.5. The summed E-state index contributed by atoms with van der Waals surface area (Å²) in [5.41, 5.74) is 0. The minimum Gasteiger partial charge on any atom is -0.368 e. The van der Waals surface area contributed by atoms with E-state index in [1.54, 1.807) is 0 Å². The van der Waals surface area contributed by atoms with Crippen molar-refractivity contribution in [3.63, 3.8) is 0 Å². The Morgan fingerprint density at radius 1 is 0.500 bits per heavy atom. The summed E-state index contributed by atoms with van der Waals surface area (Å²) in [6.45, 7) is 11.4. The molecule has 0 spiro atoms. The van der Waals surface area contributed by atoms with Gasteiger partial charge >= 0.3 is 0 Å². The average molecular weight is 368 g/mol. The third-order valence-electron chi connectivity index (χ3n) is 2.44. The summed E-state index contributed by atoms with van der Waals surface area (Å²) in [5, 5.41) is 26.1. The third kappa shape index (κ3) is 22.6. The van der Waals surface area contributed by atoms with E-state index in [9.17, 15) is 0 Å². The van der Waals surface area contributed by atoms with Crippen molar-refractivity contribution in [2.45, 2.75) is 60.4 Å². The number of ether oxygens (including phenoxy) is 3. The Kier molecular flexibility index (Phi) is 26.5. The molecule has 3 atom stereocenters.